The number of hydrogen-bond acceptors (Lipinski definition) is 5. The van der Waals surface area contributed by atoms with Crippen molar-refractivity contribution in [3.05, 3.63) is 89.6 Å². The largest absolute Gasteiger partial charge is 0.493 e. The van der Waals surface area contributed by atoms with Crippen LogP contribution in [0.15, 0.2) is 77.9 Å². The number of aliphatic imine (C=N–C) groups is 1. The van der Waals surface area contributed by atoms with Crippen molar-refractivity contribution in [3.63, 3.8) is 0 Å². The number of fused-ring (bicyclic) bond motifs is 2. The monoisotopic (exact) mass is 467 g/mol. The molecule has 0 spiro atoms. The molecule has 7 nitrogen and oxygen atoms in total. The number of nitrogens with one attached hydrogen (secondary N) is 1. The van der Waals surface area contributed by atoms with Gasteiger partial charge in [0.2, 0.25) is 0 Å². The smallest absolute Gasteiger partial charge is 0.265 e. The van der Waals surface area contributed by atoms with E-state index in [1.165, 1.54) is 12.0 Å². The van der Waals surface area contributed by atoms with Crippen molar-refractivity contribution in [2.75, 3.05) is 19.1 Å². The minimum Gasteiger partial charge on any atom is -0.493 e. The number of amides is 2. The van der Waals surface area contributed by atoms with Gasteiger partial charge in [0, 0.05) is 46.4 Å². The summed E-state index contributed by atoms with van der Waals surface area (Å²) in [4.78, 5) is 37.0. The Labute approximate surface area is 203 Å². The summed E-state index contributed by atoms with van der Waals surface area (Å²) in [7, 11) is 3.07. The predicted molar refractivity (Wildman–Crippen MR) is 136 cm³/mol. The van der Waals surface area contributed by atoms with Crippen molar-refractivity contribution in [1.29, 1.82) is 0 Å². The van der Waals surface area contributed by atoms with Crippen LogP contribution in [-0.2, 0) is 11.2 Å². The van der Waals surface area contributed by atoms with E-state index in [2.05, 4.69) is 4.98 Å². The minimum atomic E-state index is -0.786. The van der Waals surface area contributed by atoms with Crippen molar-refractivity contribution in [1.82, 2.24) is 4.98 Å². The van der Waals surface area contributed by atoms with E-state index in [0.29, 0.717) is 40.4 Å². The highest BCUT2D eigenvalue weighted by atomic mass is 16.5. The third-order valence-corrected chi connectivity index (χ3v) is 6.30. The summed E-state index contributed by atoms with van der Waals surface area (Å²) in [6.45, 7) is 1.84. The van der Waals surface area contributed by atoms with Crippen LogP contribution in [0.1, 0.15) is 28.4 Å². The van der Waals surface area contributed by atoms with Crippen LogP contribution < -0.4 is 14.4 Å². The van der Waals surface area contributed by atoms with E-state index in [1.54, 1.807) is 43.5 Å². The van der Waals surface area contributed by atoms with Gasteiger partial charge in [0.1, 0.15) is 6.04 Å². The SMILES string of the molecule is COc1cc2c(cc1OC)N(C(=O)c1ccccc1)C(=O)C(Cc1c[nH]c3ccccc13)N=C2C. The number of ether oxygens (including phenoxy) is 2. The second kappa shape index (κ2) is 9.10. The van der Waals surface area contributed by atoms with Crippen LogP contribution in [0.4, 0.5) is 5.69 Å². The Hall–Kier alpha value is -4.39. The summed E-state index contributed by atoms with van der Waals surface area (Å²) in [5, 5.41) is 1.03. The van der Waals surface area contributed by atoms with Crippen molar-refractivity contribution in [2.45, 2.75) is 19.4 Å². The molecular formula is C28H25N3O4. The topological polar surface area (TPSA) is 84.0 Å². The highest BCUT2D eigenvalue weighted by Crippen LogP contribution is 2.38. The van der Waals surface area contributed by atoms with E-state index in [9.17, 15) is 9.59 Å². The Bertz CT molecular complexity index is 1460. The van der Waals surface area contributed by atoms with Gasteiger partial charge in [0.15, 0.2) is 11.5 Å². The van der Waals surface area contributed by atoms with Gasteiger partial charge in [0.05, 0.1) is 19.9 Å². The normalized spacial score (nSPS) is 15.4. The van der Waals surface area contributed by atoms with E-state index in [0.717, 1.165) is 16.5 Å². The first-order chi connectivity index (χ1) is 17.0. The van der Waals surface area contributed by atoms with E-state index < -0.39 is 17.9 Å². The van der Waals surface area contributed by atoms with Gasteiger partial charge in [0.25, 0.3) is 11.8 Å². The molecule has 5 rings (SSSR count). The van der Waals surface area contributed by atoms with Crippen LogP contribution in [0.5, 0.6) is 11.5 Å². The number of benzodiazepines with no additional fused rings is 1. The molecule has 2 amide bonds. The summed E-state index contributed by atoms with van der Waals surface area (Å²) in [5.74, 6) is 0.107. The molecule has 2 heterocycles. The first-order valence-corrected chi connectivity index (χ1v) is 11.3. The van der Waals surface area contributed by atoms with Crippen LogP contribution in [0, 0.1) is 0 Å². The molecule has 0 aliphatic carbocycles. The maximum absolute atomic E-state index is 14.0. The van der Waals surface area contributed by atoms with E-state index >= 15 is 0 Å². The Morgan fingerprint density at radius 2 is 1.69 bits per heavy atom. The van der Waals surface area contributed by atoms with E-state index in [-0.39, 0.29) is 0 Å². The molecule has 4 aromatic rings. The number of carbonyl (C=O) groups excluding carboxylic acids is 2. The Morgan fingerprint density at radius 3 is 2.43 bits per heavy atom. The molecule has 0 bridgehead atoms. The lowest BCUT2D eigenvalue weighted by atomic mass is 10.0. The molecule has 1 N–H and O–H groups in total. The zero-order valence-corrected chi connectivity index (χ0v) is 19.7. The fourth-order valence-electron chi connectivity index (χ4n) is 4.53. The fraction of sp³-hybridized carbons (Fsp3) is 0.179. The number of anilines is 1. The Balaban J connectivity index is 1.65. The van der Waals surface area contributed by atoms with Gasteiger partial charge >= 0.3 is 0 Å². The van der Waals surface area contributed by atoms with Gasteiger partial charge in [-0.2, -0.15) is 0 Å². The molecule has 1 aliphatic heterocycles. The average molecular weight is 468 g/mol. The number of benzene rings is 3. The molecule has 7 heteroatoms. The Kier molecular flexibility index (Phi) is 5.82. The summed E-state index contributed by atoms with van der Waals surface area (Å²) < 4.78 is 11.0. The number of hydrogen-bond donors (Lipinski definition) is 1. The van der Waals surface area contributed by atoms with Gasteiger partial charge in [-0.1, -0.05) is 36.4 Å². The van der Waals surface area contributed by atoms with Gasteiger partial charge in [-0.25, -0.2) is 4.90 Å². The molecule has 3 aromatic carbocycles. The fourth-order valence-corrected chi connectivity index (χ4v) is 4.53. The summed E-state index contributed by atoms with van der Waals surface area (Å²) in [5.41, 5.74) is 4.06. The third kappa shape index (κ3) is 3.95. The second-order valence-electron chi connectivity index (χ2n) is 8.36. The number of rotatable bonds is 5. The van der Waals surface area contributed by atoms with Gasteiger partial charge in [-0.3, -0.25) is 14.6 Å². The lowest BCUT2D eigenvalue weighted by Crippen LogP contribution is -2.43. The molecular weight excluding hydrogens is 442 g/mol. The molecule has 0 saturated heterocycles. The van der Waals surface area contributed by atoms with E-state index in [4.69, 9.17) is 14.5 Å². The number of imide groups is 1. The van der Waals surface area contributed by atoms with Crippen molar-refractivity contribution < 1.29 is 19.1 Å². The molecule has 1 atom stereocenters. The quantitative estimate of drug-likeness (QED) is 0.428. The first kappa shape index (κ1) is 22.4. The Morgan fingerprint density at radius 1 is 1.00 bits per heavy atom. The zero-order chi connectivity index (χ0) is 24.5. The predicted octanol–water partition coefficient (Wildman–Crippen LogP) is 4.79. The highest BCUT2D eigenvalue weighted by molar-refractivity contribution is 6.26. The number of methoxy groups -OCH3 is 2. The van der Waals surface area contributed by atoms with Crippen molar-refractivity contribution in [3.8, 4) is 11.5 Å². The maximum atomic E-state index is 14.0. The average Bonchev–Trinajstić information content (AvgIpc) is 3.27. The zero-order valence-electron chi connectivity index (χ0n) is 19.7. The molecule has 1 unspecified atom stereocenters. The third-order valence-electron chi connectivity index (χ3n) is 6.30. The molecule has 176 valence electrons. The van der Waals surface area contributed by atoms with Crippen molar-refractivity contribution in [2.24, 2.45) is 4.99 Å². The molecule has 0 radical (unpaired) electrons. The van der Waals surface area contributed by atoms with Crippen LogP contribution in [0.3, 0.4) is 0 Å². The summed E-state index contributed by atoms with van der Waals surface area (Å²) in [6, 6.07) is 19.3. The number of carbonyl (C=O) groups is 2. The molecule has 0 fully saturated rings. The molecule has 1 aliphatic rings. The molecule has 0 saturated carbocycles. The number of para-hydroxylation sites is 1. The highest BCUT2D eigenvalue weighted by Gasteiger charge is 2.36. The number of nitrogens with zero attached hydrogens (tertiary/aromatic N) is 2. The van der Waals surface area contributed by atoms with Crippen LogP contribution in [0.2, 0.25) is 0 Å². The number of aromatic amines is 1. The molecule has 1 aromatic heterocycles. The van der Waals surface area contributed by atoms with Gasteiger partial charge in [-0.05, 0) is 36.8 Å². The lowest BCUT2D eigenvalue weighted by Gasteiger charge is -2.24. The summed E-state index contributed by atoms with van der Waals surface area (Å²) in [6.07, 6.45) is 2.25. The number of H-pyrrole nitrogens is 1. The van der Waals surface area contributed by atoms with Gasteiger partial charge in [-0.15, -0.1) is 0 Å². The minimum absolute atomic E-state index is 0.348. The standard InChI is InChI=1S/C28H25N3O4/c1-17-21-14-25(34-2)26(35-3)15-24(21)31(27(32)18-9-5-4-6-10-18)28(33)23(30-17)13-19-16-29-22-12-8-7-11-20(19)22/h4-12,14-16,23,29H,13H2,1-3H3. The summed E-state index contributed by atoms with van der Waals surface area (Å²) >= 11 is 0. The van der Waals surface area contributed by atoms with Crippen LogP contribution in [-0.4, -0.2) is 42.8 Å². The lowest BCUT2D eigenvalue weighted by molar-refractivity contribution is -0.119. The van der Waals surface area contributed by atoms with Gasteiger partial charge < -0.3 is 14.5 Å². The van der Waals surface area contributed by atoms with Crippen LogP contribution in [0.25, 0.3) is 10.9 Å². The maximum Gasteiger partial charge on any atom is 0.265 e. The van der Waals surface area contributed by atoms with Crippen molar-refractivity contribution >= 4 is 34.1 Å². The number of aromatic nitrogens is 1. The van der Waals surface area contributed by atoms with Crippen LogP contribution >= 0.6 is 0 Å². The second-order valence-corrected chi connectivity index (χ2v) is 8.36. The first-order valence-electron chi connectivity index (χ1n) is 11.3. The van der Waals surface area contributed by atoms with E-state index in [1.807, 2.05) is 43.5 Å². The molecule has 35 heavy (non-hydrogen) atoms.